The molecule has 0 amide bonds. The molecule has 1 aliphatic rings. The summed E-state index contributed by atoms with van der Waals surface area (Å²) >= 11 is 6.05. The van der Waals surface area contributed by atoms with Crippen LogP contribution in [0.25, 0.3) is 0 Å². The Kier molecular flexibility index (Phi) is 4.40. The van der Waals surface area contributed by atoms with Crippen molar-refractivity contribution in [1.82, 2.24) is 14.9 Å². The van der Waals surface area contributed by atoms with Crippen LogP contribution in [-0.4, -0.2) is 40.5 Å². The van der Waals surface area contributed by atoms with Crippen LogP contribution in [0.2, 0.25) is 5.15 Å². The first-order valence-electron chi connectivity index (χ1n) is 6.60. The number of aryl methyl sites for hydroxylation is 1. The molecule has 1 fully saturated rings. The van der Waals surface area contributed by atoms with Gasteiger partial charge in [0.2, 0.25) is 0 Å². The normalized spacial score (nSPS) is 15.2. The fourth-order valence-corrected chi connectivity index (χ4v) is 2.33. The average molecular weight is 269 g/mol. The Bertz CT molecular complexity index is 418. The van der Waals surface area contributed by atoms with E-state index in [9.17, 15) is 0 Å². The van der Waals surface area contributed by atoms with Gasteiger partial charge in [-0.3, -0.25) is 4.90 Å². The van der Waals surface area contributed by atoms with Gasteiger partial charge in [0.25, 0.3) is 0 Å². The molecule has 0 aromatic carbocycles. The fraction of sp³-hybridized carbons (Fsp3) is 0.692. The van der Waals surface area contributed by atoms with Gasteiger partial charge in [0.1, 0.15) is 16.8 Å². The molecule has 0 aliphatic heterocycles. The van der Waals surface area contributed by atoms with Crippen LogP contribution in [0.1, 0.15) is 31.2 Å². The molecule has 1 saturated carbocycles. The topological polar surface area (TPSA) is 41.0 Å². The third kappa shape index (κ3) is 3.33. The second-order valence-corrected chi connectivity index (χ2v) is 5.18. The smallest absolute Gasteiger partial charge is 0.137 e. The van der Waals surface area contributed by atoms with Gasteiger partial charge < -0.3 is 5.32 Å². The maximum absolute atomic E-state index is 6.05. The summed E-state index contributed by atoms with van der Waals surface area (Å²) in [5.74, 6) is 1.57. The quantitative estimate of drug-likeness (QED) is 0.806. The van der Waals surface area contributed by atoms with Gasteiger partial charge in [-0.15, -0.1) is 0 Å². The standard InChI is InChI=1S/C13H21ClN4/c1-4-18(11-5-6-11)8-7-15-13-9(2)12(14)16-10(3)17-13/h11H,4-8H2,1-3H3,(H,15,16,17). The second-order valence-electron chi connectivity index (χ2n) is 4.82. The lowest BCUT2D eigenvalue weighted by molar-refractivity contribution is 0.289. The van der Waals surface area contributed by atoms with E-state index < -0.39 is 0 Å². The van der Waals surface area contributed by atoms with E-state index in [1.165, 1.54) is 12.8 Å². The Balaban J connectivity index is 1.89. The summed E-state index contributed by atoms with van der Waals surface area (Å²) in [4.78, 5) is 11.0. The molecule has 0 atom stereocenters. The van der Waals surface area contributed by atoms with E-state index in [2.05, 4.69) is 27.1 Å². The van der Waals surface area contributed by atoms with Crippen molar-refractivity contribution < 1.29 is 0 Å². The number of hydrogen-bond donors (Lipinski definition) is 1. The molecule has 2 rings (SSSR count). The molecule has 1 N–H and O–H groups in total. The molecular weight excluding hydrogens is 248 g/mol. The predicted octanol–water partition coefficient (Wildman–Crippen LogP) is 2.64. The highest BCUT2D eigenvalue weighted by Gasteiger charge is 2.27. The summed E-state index contributed by atoms with van der Waals surface area (Å²) in [7, 11) is 0. The molecule has 5 heteroatoms. The highest BCUT2D eigenvalue weighted by atomic mass is 35.5. The van der Waals surface area contributed by atoms with E-state index >= 15 is 0 Å². The maximum Gasteiger partial charge on any atom is 0.137 e. The number of nitrogens with one attached hydrogen (secondary N) is 1. The Morgan fingerprint density at radius 3 is 2.67 bits per heavy atom. The van der Waals surface area contributed by atoms with Crippen LogP contribution in [-0.2, 0) is 0 Å². The van der Waals surface area contributed by atoms with Crippen molar-refractivity contribution in [3.05, 3.63) is 16.5 Å². The van der Waals surface area contributed by atoms with Crippen molar-refractivity contribution in [2.45, 2.75) is 39.7 Å². The number of nitrogens with zero attached hydrogens (tertiary/aromatic N) is 3. The molecule has 4 nitrogen and oxygen atoms in total. The first kappa shape index (κ1) is 13.6. The van der Waals surface area contributed by atoms with E-state index in [0.717, 1.165) is 37.1 Å². The minimum absolute atomic E-state index is 0.541. The molecule has 1 aromatic heterocycles. The maximum atomic E-state index is 6.05. The zero-order valence-corrected chi connectivity index (χ0v) is 12.1. The number of rotatable bonds is 6. The highest BCUT2D eigenvalue weighted by molar-refractivity contribution is 6.30. The first-order valence-corrected chi connectivity index (χ1v) is 6.98. The Labute approximate surface area is 114 Å². The fourth-order valence-electron chi connectivity index (χ4n) is 2.12. The lowest BCUT2D eigenvalue weighted by Crippen LogP contribution is -2.31. The molecule has 1 aliphatic carbocycles. The van der Waals surface area contributed by atoms with E-state index in [1.807, 2.05) is 13.8 Å². The first-order chi connectivity index (χ1) is 8.61. The minimum Gasteiger partial charge on any atom is -0.368 e. The zero-order chi connectivity index (χ0) is 13.1. The minimum atomic E-state index is 0.541. The average Bonchev–Trinajstić information content (AvgIpc) is 3.14. The monoisotopic (exact) mass is 268 g/mol. The number of aromatic nitrogens is 2. The SMILES string of the molecule is CCN(CCNc1nc(C)nc(Cl)c1C)C1CC1. The van der Waals surface area contributed by atoms with Crippen molar-refractivity contribution in [3.8, 4) is 0 Å². The number of halogens is 1. The van der Waals surface area contributed by atoms with Gasteiger partial charge in [0, 0.05) is 24.7 Å². The van der Waals surface area contributed by atoms with Crippen molar-refractivity contribution in [2.75, 3.05) is 25.0 Å². The zero-order valence-electron chi connectivity index (χ0n) is 11.3. The molecule has 18 heavy (non-hydrogen) atoms. The van der Waals surface area contributed by atoms with E-state index in [0.29, 0.717) is 11.0 Å². The molecule has 0 radical (unpaired) electrons. The van der Waals surface area contributed by atoms with E-state index in [4.69, 9.17) is 11.6 Å². The number of anilines is 1. The van der Waals surface area contributed by atoms with Gasteiger partial charge in [-0.05, 0) is 33.2 Å². The van der Waals surface area contributed by atoms with E-state index in [1.54, 1.807) is 0 Å². The van der Waals surface area contributed by atoms with Gasteiger partial charge in [-0.2, -0.15) is 0 Å². The third-order valence-electron chi connectivity index (χ3n) is 3.36. The number of hydrogen-bond acceptors (Lipinski definition) is 4. The summed E-state index contributed by atoms with van der Waals surface area (Å²) in [5, 5.41) is 3.91. The molecule has 0 unspecified atom stereocenters. The van der Waals surface area contributed by atoms with E-state index in [-0.39, 0.29) is 0 Å². The largest absolute Gasteiger partial charge is 0.368 e. The summed E-state index contributed by atoms with van der Waals surface area (Å²) in [6.07, 6.45) is 2.70. The molecule has 0 bridgehead atoms. The molecule has 0 saturated heterocycles. The molecular formula is C13H21ClN4. The van der Waals surface area contributed by atoms with Crippen molar-refractivity contribution >= 4 is 17.4 Å². The van der Waals surface area contributed by atoms with Crippen LogP contribution >= 0.6 is 11.6 Å². The van der Waals surface area contributed by atoms with Crippen molar-refractivity contribution in [2.24, 2.45) is 0 Å². The van der Waals surface area contributed by atoms with Crippen LogP contribution in [0.4, 0.5) is 5.82 Å². The number of likely N-dealkylation sites (N-methyl/N-ethyl adjacent to an activating group) is 1. The van der Waals surface area contributed by atoms with Crippen molar-refractivity contribution in [3.63, 3.8) is 0 Å². The van der Waals surface area contributed by atoms with Crippen molar-refractivity contribution in [1.29, 1.82) is 0 Å². The summed E-state index contributed by atoms with van der Waals surface area (Å²) in [6, 6.07) is 0.814. The van der Waals surface area contributed by atoms with Gasteiger partial charge in [0.05, 0.1) is 0 Å². The van der Waals surface area contributed by atoms with Gasteiger partial charge in [0.15, 0.2) is 0 Å². The lowest BCUT2D eigenvalue weighted by atomic mass is 10.3. The Morgan fingerprint density at radius 1 is 1.33 bits per heavy atom. The van der Waals surface area contributed by atoms with Gasteiger partial charge in [-0.1, -0.05) is 18.5 Å². The summed E-state index contributed by atoms with van der Waals surface area (Å²) < 4.78 is 0. The van der Waals surface area contributed by atoms with Crippen LogP contribution in [0.3, 0.4) is 0 Å². The predicted molar refractivity (Wildman–Crippen MR) is 75.3 cm³/mol. The Hall–Kier alpha value is -0.870. The lowest BCUT2D eigenvalue weighted by Gasteiger charge is -2.20. The van der Waals surface area contributed by atoms with Crippen LogP contribution in [0, 0.1) is 13.8 Å². The van der Waals surface area contributed by atoms with Crippen LogP contribution in [0.5, 0.6) is 0 Å². The highest BCUT2D eigenvalue weighted by Crippen LogP contribution is 2.26. The second kappa shape index (κ2) is 5.85. The molecule has 1 heterocycles. The summed E-state index contributed by atoms with van der Waals surface area (Å²) in [5.41, 5.74) is 0.928. The molecule has 100 valence electrons. The Morgan fingerprint density at radius 2 is 2.06 bits per heavy atom. The molecule has 1 aromatic rings. The van der Waals surface area contributed by atoms with Crippen LogP contribution < -0.4 is 5.32 Å². The van der Waals surface area contributed by atoms with Crippen LogP contribution in [0.15, 0.2) is 0 Å². The third-order valence-corrected chi connectivity index (χ3v) is 3.73. The molecule has 0 spiro atoms. The van der Waals surface area contributed by atoms with Gasteiger partial charge in [-0.25, -0.2) is 9.97 Å². The van der Waals surface area contributed by atoms with Gasteiger partial charge >= 0.3 is 0 Å². The summed E-state index contributed by atoms with van der Waals surface area (Å²) in [6.45, 7) is 9.10.